The molecule has 0 amide bonds. The van der Waals surface area contributed by atoms with Gasteiger partial charge < -0.3 is 25.2 Å². The molecule has 0 aliphatic rings. The van der Waals surface area contributed by atoms with Crippen molar-refractivity contribution in [1.82, 2.24) is 0 Å². The van der Waals surface area contributed by atoms with Gasteiger partial charge in [-0.2, -0.15) is 0 Å². The summed E-state index contributed by atoms with van der Waals surface area (Å²) in [4.78, 5) is 45.6. The molecule has 0 heterocycles. The molecule has 4 N–H and O–H groups in total. The molecule has 0 aromatic heterocycles. The van der Waals surface area contributed by atoms with Crippen molar-refractivity contribution in [3.63, 3.8) is 0 Å². The number of unbranched alkanes of at least 4 members (excludes halogenated alkanes) is 24. The van der Waals surface area contributed by atoms with Crippen LogP contribution in [0.5, 0.6) is 0 Å². The Labute approximate surface area is 304 Å². The zero-order valence-corrected chi connectivity index (χ0v) is 32.7. The molecule has 1 unspecified atom stereocenters. The number of ether oxygens (including phenoxy) is 2. The monoisotopic (exact) mass is 736 g/mol. The van der Waals surface area contributed by atoms with Crippen LogP contribution in [0.4, 0.5) is 0 Å². The van der Waals surface area contributed by atoms with Crippen LogP contribution in [0.25, 0.3) is 0 Å². The number of hydrogen-bond acceptors (Lipinski definition) is 9. The molecule has 0 saturated carbocycles. The van der Waals surface area contributed by atoms with Crippen LogP contribution in [-0.4, -0.2) is 59.9 Å². The van der Waals surface area contributed by atoms with Gasteiger partial charge in [0.15, 0.2) is 6.10 Å². The molecule has 0 bridgehead atoms. The van der Waals surface area contributed by atoms with Crippen molar-refractivity contribution in [1.29, 1.82) is 0 Å². The van der Waals surface area contributed by atoms with Crippen LogP contribution in [0, 0.1) is 0 Å². The fraction of sp³-hybridized carbons (Fsp3) is 0.921. The minimum atomic E-state index is -4.70. The minimum Gasteiger partial charge on any atom is -0.480 e. The molecule has 0 aliphatic heterocycles. The number of phosphoric acid groups is 1. The number of nitrogens with two attached hydrogens (primary N) is 1. The first-order valence-electron chi connectivity index (χ1n) is 20.1. The summed E-state index contributed by atoms with van der Waals surface area (Å²) in [6, 6.07) is -1.51. The summed E-state index contributed by atoms with van der Waals surface area (Å²) >= 11 is 0. The fourth-order valence-electron chi connectivity index (χ4n) is 5.65. The zero-order chi connectivity index (χ0) is 37.1. The minimum absolute atomic E-state index is 0.169. The van der Waals surface area contributed by atoms with Crippen LogP contribution < -0.4 is 5.73 Å². The van der Waals surface area contributed by atoms with Crippen molar-refractivity contribution < 1.29 is 47.5 Å². The second-order valence-corrected chi connectivity index (χ2v) is 15.2. The lowest BCUT2D eigenvalue weighted by Crippen LogP contribution is -2.34. The van der Waals surface area contributed by atoms with E-state index >= 15 is 0 Å². The molecule has 3 atom stereocenters. The summed E-state index contributed by atoms with van der Waals surface area (Å²) in [5.74, 6) is -2.37. The van der Waals surface area contributed by atoms with Crippen LogP contribution in [0.2, 0.25) is 0 Å². The predicted molar refractivity (Wildman–Crippen MR) is 199 cm³/mol. The van der Waals surface area contributed by atoms with Gasteiger partial charge in [-0.25, -0.2) is 4.57 Å². The van der Waals surface area contributed by atoms with E-state index in [0.717, 1.165) is 38.5 Å². The Morgan fingerprint density at radius 1 is 0.540 bits per heavy atom. The quantitative estimate of drug-likeness (QED) is 0.0313. The van der Waals surface area contributed by atoms with Gasteiger partial charge in [0.2, 0.25) is 0 Å². The van der Waals surface area contributed by atoms with Crippen molar-refractivity contribution >= 4 is 25.7 Å². The van der Waals surface area contributed by atoms with E-state index < -0.39 is 51.1 Å². The summed E-state index contributed by atoms with van der Waals surface area (Å²) < 4.78 is 32.5. The Morgan fingerprint density at radius 2 is 0.880 bits per heavy atom. The molecule has 11 nitrogen and oxygen atoms in total. The van der Waals surface area contributed by atoms with Crippen LogP contribution in [0.1, 0.15) is 194 Å². The molecule has 296 valence electrons. The molecule has 0 rings (SSSR count). The summed E-state index contributed by atoms with van der Waals surface area (Å²) in [6.45, 7) is 2.76. The van der Waals surface area contributed by atoms with Gasteiger partial charge in [0.25, 0.3) is 0 Å². The molecule has 50 heavy (non-hydrogen) atoms. The Balaban J connectivity index is 4.23. The number of rotatable bonds is 38. The van der Waals surface area contributed by atoms with Crippen molar-refractivity contribution in [2.24, 2.45) is 5.73 Å². The van der Waals surface area contributed by atoms with Crippen molar-refractivity contribution in [3.8, 4) is 0 Å². The number of phosphoric ester groups is 1. The normalized spacial score (nSPS) is 13.8. The number of carboxylic acid groups (broad SMARTS) is 1. The van der Waals surface area contributed by atoms with Crippen molar-refractivity contribution in [2.75, 3.05) is 19.8 Å². The predicted octanol–water partition coefficient (Wildman–Crippen LogP) is 9.95. The van der Waals surface area contributed by atoms with Gasteiger partial charge in [0, 0.05) is 12.8 Å². The Bertz CT molecular complexity index is 875. The molecular formula is C38H74NO10P. The van der Waals surface area contributed by atoms with Gasteiger partial charge in [0.1, 0.15) is 12.6 Å². The fourth-order valence-corrected chi connectivity index (χ4v) is 6.43. The first kappa shape index (κ1) is 48.5. The maximum absolute atomic E-state index is 12.6. The van der Waals surface area contributed by atoms with Gasteiger partial charge in [0.05, 0.1) is 13.2 Å². The molecule has 0 saturated heterocycles. The largest absolute Gasteiger partial charge is 0.480 e. The summed E-state index contributed by atoms with van der Waals surface area (Å²) in [6.07, 6.45) is 30.6. The molecule has 0 aliphatic carbocycles. The average Bonchev–Trinajstić information content (AvgIpc) is 3.09. The van der Waals surface area contributed by atoms with E-state index in [0.29, 0.717) is 12.8 Å². The highest BCUT2D eigenvalue weighted by molar-refractivity contribution is 7.47. The van der Waals surface area contributed by atoms with E-state index in [2.05, 4.69) is 18.4 Å². The maximum Gasteiger partial charge on any atom is 0.472 e. The molecule has 0 aromatic rings. The second kappa shape index (κ2) is 34.6. The first-order chi connectivity index (χ1) is 24.1. The standard InChI is InChI=1S/C38H74NO10P/c1-3-5-7-9-11-12-13-14-15-16-17-18-19-20-21-22-24-26-28-30-37(41)49-34(32-47-50(44,45)48-33-35(39)38(42)43)31-46-36(40)29-27-25-23-10-8-6-4-2/h34-35H,3-33,39H2,1-2H3,(H,42,43)(H,44,45)/t34-,35-/m0/s1. The summed E-state index contributed by atoms with van der Waals surface area (Å²) in [5.41, 5.74) is 5.31. The third kappa shape index (κ3) is 33.6. The lowest BCUT2D eigenvalue weighted by Gasteiger charge is -2.20. The molecule has 12 heteroatoms. The summed E-state index contributed by atoms with van der Waals surface area (Å²) in [5, 5.41) is 8.85. The first-order valence-corrected chi connectivity index (χ1v) is 21.6. The molecule has 0 aromatic carbocycles. The third-order valence-electron chi connectivity index (χ3n) is 8.86. The molecule has 0 fully saturated rings. The van der Waals surface area contributed by atoms with Gasteiger partial charge in [-0.05, 0) is 12.8 Å². The van der Waals surface area contributed by atoms with Crippen LogP contribution in [-0.2, 0) is 37.5 Å². The Hall–Kier alpha value is -1.52. The van der Waals surface area contributed by atoms with E-state index in [4.69, 9.17) is 24.8 Å². The summed E-state index contributed by atoms with van der Waals surface area (Å²) in [7, 11) is -4.70. The molecular weight excluding hydrogens is 661 g/mol. The SMILES string of the molecule is CCCCCCCCCCCCCCCCCCCCCC(=O)O[C@@H](COC(=O)CCCCCCCCC)COP(=O)(O)OC[C@H](N)C(=O)O. The number of esters is 2. The Kier molecular flexibility index (Phi) is 33.5. The molecule has 0 spiro atoms. The highest BCUT2D eigenvalue weighted by Crippen LogP contribution is 2.43. The second-order valence-electron chi connectivity index (χ2n) is 13.8. The van der Waals surface area contributed by atoms with Gasteiger partial charge >= 0.3 is 25.7 Å². The lowest BCUT2D eigenvalue weighted by molar-refractivity contribution is -0.161. The number of carbonyl (C=O) groups is 3. The smallest absolute Gasteiger partial charge is 0.472 e. The number of hydrogen-bond donors (Lipinski definition) is 3. The van der Waals surface area contributed by atoms with Crippen molar-refractivity contribution in [3.05, 3.63) is 0 Å². The van der Waals surface area contributed by atoms with E-state index in [-0.39, 0.29) is 19.4 Å². The van der Waals surface area contributed by atoms with E-state index in [1.54, 1.807) is 0 Å². The maximum atomic E-state index is 12.6. The topological polar surface area (TPSA) is 172 Å². The number of carboxylic acids is 1. The third-order valence-corrected chi connectivity index (χ3v) is 9.81. The average molecular weight is 736 g/mol. The van der Waals surface area contributed by atoms with Crippen LogP contribution in [0.3, 0.4) is 0 Å². The van der Waals surface area contributed by atoms with Crippen LogP contribution in [0.15, 0.2) is 0 Å². The van der Waals surface area contributed by atoms with Gasteiger partial charge in [-0.1, -0.05) is 168 Å². The zero-order valence-electron chi connectivity index (χ0n) is 31.8. The number of carbonyl (C=O) groups excluding carboxylic acids is 2. The van der Waals surface area contributed by atoms with Crippen molar-refractivity contribution in [2.45, 2.75) is 206 Å². The molecule has 0 radical (unpaired) electrons. The lowest BCUT2D eigenvalue weighted by atomic mass is 10.0. The van der Waals surface area contributed by atoms with Gasteiger partial charge in [-0.3, -0.25) is 23.4 Å². The van der Waals surface area contributed by atoms with Gasteiger partial charge in [-0.15, -0.1) is 0 Å². The highest BCUT2D eigenvalue weighted by Gasteiger charge is 2.28. The van der Waals surface area contributed by atoms with Crippen LogP contribution >= 0.6 is 7.82 Å². The van der Waals surface area contributed by atoms with E-state index in [9.17, 15) is 23.8 Å². The highest BCUT2D eigenvalue weighted by atomic mass is 31.2. The van der Waals surface area contributed by atoms with E-state index in [1.807, 2.05) is 0 Å². The van der Waals surface area contributed by atoms with E-state index in [1.165, 1.54) is 116 Å². The Morgan fingerprint density at radius 3 is 1.26 bits per heavy atom. The number of aliphatic carboxylic acids is 1.